The second-order valence-corrected chi connectivity index (χ2v) is 3.67. The fourth-order valence-corrected chi connectivity index (χ4v) is 1.44. The Hall–Kier alpha value is -1.76. The monoisotopic (exact) mass is 281 g/mol. The third-order valence-corrected chi connectivity index (χ3v) is 2.34. The van der Waals surface area contributed by atoms with Crippen molar-refractivity contribution in [2.45, 2.75) is 12.2 Å². The van der Waals surface area contributed by atoms with Crippen LogP contribution in [0.3, 0.4) is 0 Å². The van der Waals surface area contributed by atoms with Crippen molar-refractivity contribution in [3.8, 4) is 0 Å². The highest BCUT2D eigenvalue weighted by atomic mass is 35.5. The minimum atomic E-state index is -5.16. The van der Waals surface area contributed by atoms with Crippen LogP contribution in [0.2, 0.25) is 5.02 Å². The minimum absolute atomic E-state index is 0.0487. The fourth-order valence-electron chi connectivity index (χ4n) is 1.19. The standard InChI is InChI=1S/C10H7ClF3NO3/c11-6-4-2-1-3-5(6)7(8(16)17)15-9(18)10(12,13)14/h1-4,7H,(H,15,18)(H,16,17). The van der Waals surface area contributed by atoms with E-state index in [1.807, 2.05) is 0 Å². The molecule has 2 N–H and O–H groups in total. The first-order valence-electron chi connectivity index (χ1n) is 4.58. The minimum Gasteiger partial charge on any atom is -0.479 e. The van der Waals surface area contributed by atoms with Crippen LogP contribution in [0.4, 0.5) is 13.2 Å². The molecule has 0 bridgehead atoms. The molecular formula is C10H7ClF3NO3. The number of benzene rings is 1. The number of hydrogen-bond donors (Lipinski definition) is 2. The summed E-state index contributed by atoms with van der Waals surface area (Å²) >= 11 is 5.66. The Morgan fingerprint density at radius 1 is 1.28 bits per heavy atom. The Bertz CT molecular complexity index is 476. The van der Waals surface area contributed by atoms with Gasteiger partial charge in [0, 0.05) is 10.6 Å². The molecule has 1 aromatic carbocycles. The van der Waals surface area contributed by atoms with Gasteiger partial charge in [-0.25, -0.2) is 4.79 Å². The Kier molecular flexibility index (Phi) is 4.18. The van der Waals surface area contributed by atoms with E-state index < -0.39 is 24.1 Å². The van der Waals surface area contributed by atoms with Crippen molar-refractivity contribution in [2.24, 2.45) is 0 Å². The number of carboxylic acids is 1. The summed E-state index contributed by atoms with van der Waals surface area (Å²) < 4.78 is 36.2. The van der Waals surface area contributed by atoms with Crippen molar-refractivity contribution in [3.05, 3.63) is 34.9 Å². The molecule has 0 aliphatic carbocycles. The second-order valence-electron chi connectivity index (χ2n) is 3.26. The molecule has 0 radical (unpaired) electrons. The molecule has 1 aromatic rings. The Morgan fingerprint density at radius 3 is 2.28 bits per heavy atom. The van der Waals surface area contributed by atoms with Crippen molar-refractivity contribution in [3.63, 3.8) is 0 Å². The average Bonchev–Trinajstić information content (AvgIpc) is 2.25. The maximum absolute atomic E-state index is 12.1. The van der Waals surface area contributed by atoms with Gasteiger partial charge in [0.1, 0.15) is 0 Å². The first-order chi connectivity index (χ1) is 8.23. The summed E-state index contributed by atoms with van der Waals surface area (Å²) in [4.78, 5) is 21.6. The van der Waals surface area contributed by atoms with Gasteiger partial charge in [-0.15, -0.1) is 0 Å². The Morgan fingerprint density at radius 2 is 1.83 bits per heavy atom. The molecular weight excluding hydrogens is 275 g/mol. The SMILES string of the molecule is O=C(O)C(NC(=O)C(F)(F)F)c1ccccc1Cl. The van der Waals surface area contributed by atoms with Gasteiger partial charge in [-0.1, -0.05) is 29.8 Å². The van der Waals surface area contributed by atoms with E-state index in [2.05, 4.69) is 0 Å². The van der Waals surface area contributed by atoms with E-state index >= 15 is 0 Å². The lowest BCUT2D eigenvalue weighted by atomic mass is 10.1. The zero-order chi connectivity index (χ0) is 13.9. The predicted molar refractivity (Wildman–Crippen MR) is 56.0 cm³/mol. The molecule has 18 heavy (non-hydrogen) atoms. The van der Waals surface area contributed by atoms with Gasteiger partial charge in [0.15, 0.2) is 6.04 Å². The lowest BCUT2D eigenvalue weighted by Crippen LogP contribution is -2.42. The van der Waals surface area contributed by atoms with Gasteiger partial charge in [0.25, 0.3) is 0 Å². The molecule has 8 heteroatoms. The smallest absolute Gasteiger partial charge is 0.471 e. The van der Waals surface area contributed by atoms with Gasteiger partial charge in [0.05, 0.1) is 0 Å². The zero-order valence-corrected chi connectivity index (χ0v) is 9.42. The van der Waals surface area contributed by atoms with E-state index in [0.717, 1.165) is 0 Å². The van der Waals surface area contributed by atoms with Crippen molar-refractivity contribution < 1.29 is 27.9 Å². The number of alkyl halides is 3. The molecule has 1 unspecified atom stereocenters. The number of carbonyl (C=O) groups excluding carboxylic acids is 1. The summed E-state index contributed by atoms with van der Waals surface area (Å²) in [6.07, 6.45) is -5.16. The highest BCUT2D eigenvalue weighted by Gasteiger charge is 2.41. The second kappa shape index (κ2) is 5.26. The summed E-state index contributed by atoms with van der Waals surface area (Å²) in [5.41, 5.74) is -0.121. The predicted octanol–water partition coefficient (Wildman–Crippen LogP) is 2.14. The van der Waals surface area contributed by atoms with E-state index in [1.54, 1.807) is 0 Å². The lowest BCUT2D eigenvalue weighted by molar-refractivity contribution is -0.175. The molecule has 0 saturated carbocycles. The van der Waals surface area contributed by atoms with Gasteiger partial charge in [-0.05, 0) is 6.07 Å². The van der Waals surface area contributed by atoms with Crippen LogP contribution in [-0.4, -0.2) is 23.2 Å². The van der Waals surface area contributed by atoms with E-state index in [4.69, 9.17) is 16.7 Å². The van der Waals surface area contributed by atoms with Crippen molar-refractivity contribution in [2.75, 3.05) is 0 Å². The number of rotatable bonds is 3. The van der Waals surface area contributed by atoms with Crippen LogP contribution in [0.15, 0.2) is 24.3 Å². The number of aliphatic carboxylic acids is 1. The molecule has 0 fully saturated rings. The first kappa shape index (κ1) is 14.3. The summed E-state index contributed by atoms with van der Waals surface area (Å²) in [6.45, 7) is 0. The third-order valence-electron chi connectivity index (χ3n) is 2.00. The summed E-state index contributed by atoms with van der Waals surface area (Å²) in [7, 11) is 0. The van der Waals surface area contributed by atoms with Crippen LogP contribution in [0.5, 0.6) is 0 Å². The molecule has 0 saturated heterocycles. The van der Waals surface area contributed by atoms with Crippen LogP contribution in [0.25, 0.3) is 0 Å². The van der Waals surface area contributed by atoms with Gasteiger partial charge >= 0.3 is 18.1 Å². The number of amides is 1. The molecule has 4 nitrogen and oxygen atoms in total. The van der Waals surface area contributed by atoms with E-state index in [9.17, 15) is 22.8 Å². The average molecular weight is 282 g/mol. The molecule has 0 aliphatic heterocycles. The first-order valence-corrected chi connectivity index (χ1v) is 4.96. The van der Waals surface area contributed by atoms with E-state index in [1.165, 1.54) is 29.6 Å². The van der Waals surface area contributed by atoms with Crippen molar-refractivity contribution >= 4 is 23.5 Å². The topological polar surface area (TPSA) is 66.4 Å². The van der Waals surface area contributed by atoms with Gasteiger partial charge in [0.2, 0.25) is 0 Å². The highest BCUT2D eigenvalue weighted by molar-refractivity contribution is 6.31. The van der Waals surface area contributed by atoms with Crippen molar-refractivity contribution in [1.29, 1.82) is 0 Å². The van der Waals surface area contributed by atoms with Crippen LogP contribution in [0, 0.1) is 0 Å². The molecule has 1 rings (SSSR count). The highest BCUT2D eigenvalue weighted by Crippen LogP contribution is 2.24. The van der Waals surface area contributed by atoms with E-state index in [-0.39, 0.29) is 10.6 Å². The Balaban J connectivity index is 3.03. The van der Waals surface area contributed by atoms with Crippen LogP contribution < -0.4 is 5.32 Å². The zero-order valence-electron chi connectivity index (χ0n) is 8.66. The maximum atomic E-state index is 12.1. The number of halogens is 4. The number of carbonyl (C=O) groups is 2. The lowest BCUT2D eigenvalue weighted by Gasteiger charge is -2.17. The molecule has 0 spiro atoms. The molecule has 1 atom stereocenters. The largest absolute Gasteiger partial charge is 0.479 e. The van der Waals surface area contributed by atoms with Crippen LogP contribution >= 0.6 is 11.6 Å². The number of hydrogen-bond acceptors (Lipinski definition) is 2. The third kappa shape index (κ3) is 3.36. The molecule has 0 aromatic heterocycles. The number of carboxylic acid groups (broad SMARTS) is 1. The molecule has 98 valence electrons. The van der Waals surface area contributed by atoms with Crippen LogP contribution in [-0.2, 0) is 9.59 Å². The Labute approximate surface area is 104 Å². The van der Waals surface area contributed by atoms with E-state index in [0.29, 0.717) is 0 Å². The van der Waals surface area contributed by atoms with Gasteiger partial charge in [-0.3, -0.25) is 4.79 Å². The maximum Gasteiger partial charge on any atom is 0.471 e. The quantitative estimate of drug-likeness (QED) is 0.892. The summed E-state index contributed by atoms with van der Waals surface area (Å²) in [5, 5.41) is 10.1. The molecule has 0 heterocycles. The summed E-state index contributed by atoms with van der Waals surface area (Å²) in [6, 6.07) is 3.56. The van der Waals surface area contributed by atoms with Gasteiger partial charge in [-0.2, -0.15) is 13.2 Å². The fraction of sp³-hybridized carbons (Fsp3) is 0.200. The van der Waals surface area contributed by atoms with Gasteiger partial charge < -0.3 is 10.4 Å². The number of nitrogens with one attached hydrogen (secondary N) is 1. The normalized spacial score (nSPS) is 12.9. The summed E-state index contributed by atoms with van der Waals surface area (Å²) in [5.74, 6) is -3.98. The molecule has 1 amide bonds. The van der Waals surface area contributed by atoms with Crippen LogP contribution in [0.1, 0.15) is 11.6 Å². The molecule has 0 aliphatic rings. The van der Waals surface area contributed by atoms with Crippen molar-refractivity contribution in [1.82, 2.24) is 5.32 Å².